The van der Waals surface area contributed by atoms with Crippen molar-refractivity contribution in [1.82, 2.24) is 4.90 Å². The van der Waals surface area contributed by atoms with Crippen molar-refractivity contribution in [2.24, 2.45) is 11.8 Å². The molecule has 0 aliphatic carbocycles. The Morgan fingerprint density at radius 2 is 1.83 bits per heavy atom. The normalized spacial score (nSPS) is 27.0. The minimum Gasteiger partial charge on any atom is -0.298 e. The lowest BCUT2D eigenvalue weighted by molar-refractivity contribution is 0.163. The van der Waals surface area contributed by atoms with Gasteiger partial charge in [-0.25, -0.2) is 0 Å². The van der Waals surface area contributed by atoms with Gasteiger partial charge in [0, 0.05) is 12.1 Å². The largest absolute Gasteiger partial charge is 0.298 e. The fraction of sp³-hybridized carbons (Fsp3) is 1.00. The number of likely N-dealkylation sites (tertiary alicyclic amines) is 1. The monoisotopic (exact) mass is 169 g/mol. The molecule has 1 rings (SSSR count). The van der Waals surface area contributed by atoms with Crippen LogP contribution in [-0.4, -0.2) is 23.5 Å². The second-order valence-electron chi connectivity index (χ2n) is 5.41. The lowest BCUT2D eigenvalue weighted by Gasteiger charge is -2.32. The molecular weight excluding hydrogens is 146 g/mol. The third-order valence-corrected chi connectivity index (χ3v) is 3.12. The van der Waals surface area contributed by atoms with Gasteiger partial charge in [0.1, 0.15) is 0 Å². The number of hydrogen-bond acceptors (Lipinski definition) is 1. The summed E-state index contributed by atoms with van der Waals surface area (Å²) in [5.74, 6) is 1.79. The van der Waals surface area contributed by atoms with E-state index in [4.69, 9.17) is 0 Å². The van der Waals surface area contributed by atoms with Crippen molar-refractivity contribution in [3.8, 4) is 0 Å². The van der Waals surface area contributed by atoms with E-state index in [1.807, 2.05) is 0 Å². The predicted molar refractivity (Wildman–Crippen MR) is 54.3 cm³/mol. The zero-order valence-corrected chi connectivity index (χ0v) is 9.22. The van der Waals surface area contributed by atoms with Crippen LogP contribution in [0.5, 0.6) is 0 Å². The molecule has 1 fully saturated rings. The molecule has 0 aromatic heterocycles. The van der Waals surface area contributed by atoms with Gasteiger partial charge in [-0.3, -0.25) is 4.90 Å². The highest BCUT2D eigenvalue weighted by Gasteiger charge is 2.31. The van der Waals surface area contributed by atoms with Gasteiger partial charge in [0.05, 0.1) is 0 Å². The highest BCUT2D eigenvalue weighted by atomic mass is 15.2. The smallest absolute Gasteiger partial charge is 0.0125 e. The Labute approximate surface area is 77.1 Å². The minimum absolute atomic E-state index is 0.379. The molecule has 0 radical (unpaired) electrons. The molecule has 0 N–H and O–H groups in total. The van der Waals surface area contributed by atoms with Crippen LogP contribution in [0.2, 0.25) is 0 Å². The zero-order valence-electron chi connectivity index (χ0n) is 9.22. The molecule has 1 heteroatoms. The molecule has 72 valence electrons. The summed E-state index contributed by atoms with van der Waals surface area (Å²) in [6.45, 7) is 14.2. The first-order valence-corrected chi connectivity index (χ1v) is 5.16. The first-order valence-electron chi connectivity index (χ1n) is 5.16. The van der Waals surface area contributed by atoms with E-state index in [0.29, 0.717) is 5.54 Å². The molecular formula is C11H23N. The molecule has 0 bridgehead atoms. The van der Waals surface area contributed by atoms with Crippen LogP contribution in [0.3, 0.4) is 0 Å². The van der Waals surface area contributed by atoms with Crippen molar-refractivity contribution in [2.75, 3.05) is 13.1 Å². The third kappa shape index (κ3) is 2.22. The van der Waals surface area contributed by atoms with E-state index >= 15 is 0 Å². The van der Waals surface area contributed by atoms with Crippen molar-refractivity contribution in [3.63, 3.8) is 0 Å². The lowest BCUT2D eigenvalue weighted by Crippen LogP contribution is -2.39. The topological polar surface area (TPSA) is 3.24 Å². The van der Waals surface area contributed by atoms with E-state index in [9.17, 15) is 0 Å². The van der Waals surface area contributed by atoms with Crippen LogP contribution in [0.15, 0.2) is 0 Å². The van der Waals surface area contributed by atoms with E-state index < -0.39 is 0 Å². The van der Waals surface area contributed by atoms with Gasteiger partial charge in [-0.05, 0) is 45.6 Å². The van der Waals surface area contributed by atoms with Gasteiger partial charge in [0.25, 0.3) is 0 Å². The maximum atomic E-state index is 2.61. The first kappa shape index (κ1) is 10.0. The molecule has 0 unspecified atom stereocenters. The Morgan fingerprint density at radius 3 is 2.08 bits per heavy atom. The van der Waals surface area contributed by atoms with Crippen LogP contribution < -0.4 is 0 Å². The van der Waals surface area contributed by atoms with E-state index in [-0.39, 0.29) is 0 Å². The summed E-state index contributed by atoms with van der Waals surface area (Å²) in [6, 6.07) is 0. The van der Waals surface area contributed by atoms with Crippen molar-refractivity contribution < 1.29 is 0 Å². The molecule has 0 aromatic carbocycles. The first-order chi connectivity index (χ1) is 5.41. The van der Waals surface area contributed by atoms with Crippen molar-refractivity contribution >= 4 is 0 Å². The van der Waals surface area contributed by atoms with Crippen LogP contribution in [-0.2, 0) is 0 Å². The summed E-state index contributed by atoms with van der Waals surface area (Å²) in [6.07, 6.45) is 1.40. The van der Waals surface area contributed by atoms with Crippen molar-refractivity contribution in [3.05, 3.63) is 0 Å². The Bertz CT molecular complexity index is 144. The fourth-order valence-electron chi connectivity index (χ4n) is 1.94. The quantitative estimate of drug-likeness (QED) is 0.583. The Balaban J connectivity index is 2.46. The van der Waals surface area contributed by atoms with Gasteiger partial charge < -0.3 is 0 Å². The van der Waals surface area contributed by atoms with Crippen LogP contribution in [0.25, 0.3) is 0 Å². The molecule has 12 heavy (non-hydrogen) atoms. The fourth-order valence-corrected chi connectivity index (χ4v) is 1.94. The van der Waals surface area contributed by atoms with Crippen LogP contribution in [0.1, 0.15) is 41.0 Å². The average Bonchev–Trinajstić information content (AvgIpc) is 2.30. The zero-order chi connectivity index (χ0) is 9.35. The van der Waals surface area contributed by atoms with Gasteiger partial charge in [-0.15, -0.1) is 0 Å². The Hall–Kier alpha value is -0.0400. The minimum atomic E-state index is 0.379. The molecule has 1 aliphatic rings. The number of rotatable bonds is 1. The summed E-state index contributed by atoms with van der Waals surface area (Å²) >= 11 is 0. The highest BCUT2D eigenvalue weighted by Crippen LogP contribution is 2.28. The van der Waals surface area contributed by atoms with Gasteiger partial charge in [-0.1, -0.05) is 13.8 Å². The molecule has 0 spiro atoms. The van der Waals surface area contributed by atoms with Gasteiger partial charge in [-0.2, -0.15) is 0 Å². The number of hydrogen-bond donors (Lipinski definition) is 0. The summed E-state index contributed by atoms with van der Waals surface area (Å²) in [5, 5.41) is 0. The summed E-state index contributed by atoms with van der Waals surface area (Å²) in [4.78, 5) is 2.61. The molecule has 1 saturated heterocycles. The van der Waals surface area contributed by atoms with Gasteiger partial charge in [0.2, 0.25) is 0 Å². The van der Waals surface area contributed by atoms with E-state index in [1.165, 1.54) is 19.5 Å². The van der Waals surface area contributed by atoms with Gasteiger partial charge >= 0.3 is 0 Å². The molecule has 0 aromatic rings. The third-order valence-electron chi connectivity index (χ3n) is 3.12. The van der Waals surface area contributed by atoms with Crippen molar-refractivity contribution in [1.29, 1.82) is 0 Å². The molecule has 1 atom stereocenters. The predicted octanol–water partition coefficient (Wildman–Crippen LogP) is 2.76. The van der Waals surface area contributed by atoms with Crippen LogP contribution >= 0.6 is 0 Å². The standard InChI is InChI=1S/C11H23N/c1-9(2)10-6-7-12(8-10)11(3,4)5/h9-10H,6-8H2,1-5H3/t10-/m1/s1. The Kier molecular flexibility index (Phi) is 2.82. The highest BCUT2D eigenvalue weighted by molar-refractivity contribution is 4.85. The second kappa shape index (κ2) is 3.37. The summed E-state index contributed by atoms with van der Waals surface area (Å²) in [5.41, 5.74) is 0.379. The van der Waals surface area contributed by atoms with E-state index in [1.54, 1.807) is 0 Å². The summed E-state index contributed by atoms with van der Waals surface area (Å²) in [7, 11) is 0. The average molecular weight is 169 g/mol. The maximum absolute atomic E-state index is 2.61. The van der Waals surface area contributed by atoms with Crippen LogP contribution in [0.4, 0.5) is 0 Å². The van der Waals surface area contributed by atoms with Gasteiger partial charge in [0.15, 0.2) is 0 Å². The molecule has 0 saturated carbocycles. The molecule has 1 heterocycles. The lowest BCUT2D eigenvalue weighted by atomic mass is 9.95. The maximum Gasteiger partial charge on any atom is 0.0125 e. The SMILES string of the molecule is CC(C)[C@@H]1CCN(C(C)(C)C)C1. The molecule has 0 amide bonds. The van der Waals surface area contributed by atoms with Crippen LogP contribution in [0, 0.1) is 11.8 Å². The van der Waals surface area contributed by atoms with E-state index in [0.717, 1.165) is 11.8 Å². The van der Waals surface area contributed by atoms with E-state index in [2.05, 4.69) is 39.5 Å². The summed E-state index contributed by atoms with van der Waals surface area (Å²) < 4.78 is 0. The molecule has 1 nitrogen and oxygen atoms in total. The van der Waals surface area contributed by atoms with Crippen molar-refractivity contribution in [2.45, 2.75) is 46.6 Å². The molecule has 1 aliphatic heterocycles. The Morgan fingerprint density at radius 1 is 1.25 bits per heavy atom. The number of nitrogens with zero attached hydrogens (tertiary/aromatic N) is 1. The second-order valence-corrected chi connectivity index (χ2v) is 5.41.